The largest absolute Gasteiger partial charge is 0.299 e. The van der Waals surface area contributed by atoms with Crippen LogP contribution >= 0.6 is 12.4 Å². The minimum absolute atomic E-state index is 0. The summed E-state index contributed by atoms with van der Waals surface area (Å²) in [5.41, 5.74) is 2.11. The Morgan fingerprint density at radius 1 is 1.19 bits per heavy atom. The second kappa shape index (κ2) is 6.02. The van der Waals surface area contributed by atoms with Gasteiger partial charge in [0.05, 0.1) is 0 Å². The summed E-state index contributed by atoms with van der Waals surface area (Å²) >= 11 is 0. The van der Waals surface area contributed by atoms with Crippen LogP contribution in [-0.4, -0.2) is 23.8 Å². The Labute approximate surface area is 103 Å². The van der Waals surface area contributed by atoms with E-state index < -0.39 is 0 Å². The number of carbonyl (C=O) groups excluding carboxylic acids is 1. The molecule has 1 fully saturated rings. The molecule has 1 aliphatic heterocycles. The van der Waals surface area contributed by atoms with Crippen LogP contribution in [0.1, 0.15) is 35.7 Å². The maximum absolute atomic E-state index is 11.1. The van der Waals surface area contributed by atoms with Gasteiger partial charge in [-0.25, -0.2) is 0 Å². The van der Waals surface area contributed by atoms with Crippen molar-refractivity contribution in [1.29, 1.82) is 0 Å². The van der Waals surface area contributed by atoms with Gasteiger partial charge in [-0.1, -0.05) is 24.3 Å². The molecule has 0 N–H and O–H groups in total. The number of hydrogen-bond donors (Lipinski definition) is 0. The molecule has 0 aromatic heterocycles. The second-order valence-electron chi connectivity index (χ2n) is 4.24. The van der Waals surface area contributed by atoms with Crippen LogP contribution in [0, 0.1) is 0 Å². The molecule has 0 atom stereocenters. The van der Waals surface area contributed by atoms with Gasteiger partial charge in [0.2, 0.25) is 0 Å². The van der Waals surface area contributed by atoms with Gasteiger partial charge < -0.3 is 0 Å². The van der Waals surface area contributed by atoms with Gasteiger partial charge in [-0.3, -0.25) is 9.69 Å². The van der Waals surface area contributed by atoms with Crippen molar-refractivity contribution in [3.63, 3.8) is 0 Å². The number of Topliss-reactive ketones (excluding diaryl/α,β-unsaturated/α-hetero) is 1. The van der Waals surface area contributed by atoms with Crippen molar-refractivity contribution in [2.75, 3.05) is 13.1 Å². The van der Waals surface area contributed by atoms with Crippen LogP contribution in [0.5, 0.6) is 0 Å². The highest BCUT2D eigenvalue weighted by molar-refractivity contribution is 5.93. The first kappa shape index (κ1) is 13.2. The van der Waals surface area contributed by atoms with E-state index in [0.717, 1.165) is 12.1 Å². The Kier molecular flexibility index (Phi) is 4.97. The number of halogens is 1. The van der Waals surface area contributed by atoms with E-state index in [-0.39, 0.29) is 18.2 Å². The fourth-order valence-corrected chi connectivity index (χ4v) is 2.04. The molecule has 2 nitrogen and oxygen atoms in total. The van der Waals surface area contributed by atoms with E-state index >= 15 is 0 Å². The lowest BCUT2D eigenvalue weighted by Gasteiger charge is -2.14. The molecule has 0 unspecified atom stereocenters. The van der Waals surface area contributed by atoms with Crippen molar-refractivity contribution in [2.24, 2.45) is 0 Å². The fourth-order valence-electron chi connectivity index (χ4n) is 2.04. The third-order valence-corrected chi connectivity index (χ3v) is 2.97. The summed E-state index contributed by atoms with van der Waals surface area (Å²) in [5.74, 6) is 0.141. The standard InChI is InChI=1S/C13H17NO.ClH/c1-11(15)13-6-4-12(5-7-13)10-14-8-2-3-9-14;/h4-7H,2-3,8-10H2,1H3;1H. The minimum Gasteiger partial charge on any atom is -0.299 e. The maximum atomic E-state index is 11.1. The predicted molar refractivity (Wildman–Crippen MR) is 68.2 cm³/mol. The maximum Gasteiger partial charge on any atom is 0.159 e. The number of ketones is 1. The van der Waals surface area contributed by atoms with Crippen LogP contribution < -0.4 is 0 Å². The van der Waals surface area contributed by atoms with Gasteiger partial charge in [-0.2, -0.15) is 0 Å². The monoisotopic (exact) mass is 239 g/mol. The van der Waals surface area contributed by atoms with Gasteiger partial charge >= 0.3 is 0 Å². The zero-order valence-electron chi connectivity index (χ0n) is 9.61. The van der Waals surface area contributed by atoms with Crippen LogP contribution in [0.4, 0.5) is 0 Å². The van der Waals surface area contributed by atoms with Crippen LogP contribution in [0.2, 0.25) is 0 Å². The van der Waals surface area contributed by atoms with Gasteiger partial charge in [0.15, 0.2) is 5.78 Å². The molecule has 1 aromatic carbocycles. The average Bonchev–Trinajstić information content (AvgIpc) is 2.71. The topological polar surface area (TPSA) is 20.3 Å². The molecule has 3 heteroatoms. The Hall–Kier alpha value is -0.860. The quantitative estimate of drug-likeness (QED) is 0.756. The van der Waals surface area contributed by atoms with Gasteiger partial charge in [-0.05, 0) is 38.4 Å². The Bertz CT molecular complexity index is 341. The molecule has 0 spiro atoms. The molecule has 0 amide bonds. The van der Waals surface area contributed by atoms with Crippen molar-refractivity contribution in [1.82, 2.24) is 4.90 Å². The summed E-state index contributed by atoms with van der Waals surface area (Å²) in [6.45, 7) is 5.07. The predicted octanol–water partition coefficient (Wildman–Crippen LogP) is 2.91. The zero-order valence-corrected chi connectivity index (χ0v) is 10.4. The molecular weight excluding hydrogens is 222 g/mol. The number of nitrogens with zero attached hydrogens (tertiary/aromatic N) is 1. The lowest BCUT2D eigenvalue weighted by molar-refractivity contribution is 0.101. The van der Waals surface area contributed by atoms with E-state index in [0.29, 0.717) is 0 Å². The lowest BCUT2D eigenvalue weighted by Crippen LogP contribution is -2.18. The number of benzene rings is 1. The smallest absolute Gasteiger partial charge is 0.159 e. The zero-order chi connectivity index (χ0) is 10.7. The summed E-state index contributed by atoms with van der Waals surface area (Å²) in [6, 6.07) is 7.98. The average molecular weight is 240 g/mol. The van der Waals surface area contributed by atoms with Crippen LogP contribution in [0.3, 0.4) is 0 Å². The molecule has 0 aliphatic carbocycles. The molecule has 0 bridgehead atoms. The first-order valence-corrected chi connectivity index (χ1v) is 5.58. The highest BCUT2D eigenvalue weighted by atomic mass is 35.5. The van der Waals surface area contributed by atoms with Gasteiger partial charge in [-0.15, -0.1) is 12.4 Å². The number of rotatable bonds is 3. The second-order valence-corrected chi connectivity index (χ2v) is 4.24. The first-order valence-electron chi connectivity index (χ1n) is 5.58. The highest BCUT2D eigenvalue weighted by Crippen LogP contribution is 2.13. The van der Waals surface area contributed by atoms with Crippen LogP contribution in [-0.2, 0) is 6.54 Å². The SMILES string of the molecule is CC(=O)c1ccc(CN2CCCC2)cc1.Cl. The molecule has 1 heterocycles. The third kappa shape index (κ3) is 3.32. The fraction of sp³-hybridized carbons (Fsp3) is 0.462. The van der Waals surface area contributed by atoms with E-state index in [2.05, 4.69) is 17.0 Å². The van der Waals surface area contributed by atoms with Gasteiger partial charge in [0.25, 0.3) is 0 Å². The van der Waals surface area contributed by atoms with E-state index in [9.17, 15) is 4.79 Å². The normalized spacial score (nSPS) is 15.8. The van der Waals surface area contributed by atoms with Crippen molar-refractivity contribution in [2.45, 2.75) is 26.3 Å². The van der Waals surface area contributed by atoms with E-state index in [4.69, 9.17) is 0 Å². The Balaban J connectivity index is 0.00000128. The number of hydrogen-bond acceptors (Lipinski definition) is 2. The Morgan fingerprint density at radius 3 is 2.25 bits per heavy atom. The summed E-state index contributed by atoms with van der Waals surface area (Å²) < 4.78 is 0. The summed E-state index contributed by atoms with van der Waals surface area (Å²) in [4.78, 5) is 13.6. The summed E-state index contributed by atoms with van der Waals surface area (Å²) in [5, 5.41) is 0. The molecule has 0 radical (unpaired) electrons. The molecule has 16 heavy (non-hydrogen) atoms. The van der Waals surface area contributed by atoms with Crippen LogP contribution in [0.15, 0.2) is 24.3 Å². The molecule has 1 aliphatic rings. The van der Waals surface area contributed by atoms with Crippen molar-refractivity contribution < 1.29 is 4.79 Å². The van der Waals surface area contributed by atoms with Gasteiger partial charge in [0, 0.05) is 12.1 Å². The number of likely N-dealkylation sites (tertiary alicyclic amines) is 1. The Morgan fingerprint density at radius 2 is 1.75 bits per heavy atom. The van der Waals surface area contributed by atoms with E-state index in [1.807, 2.05) is 12.1 Å². The van der Waals surface area contributed by atoms with Crippen LogP contribution in [0.25, 0.3) is 0 Å². The molecule has 2 rings (SSSR count). The molecule has 88 valence electrons. The van der Waals surface area contributed by atoms with E-state index in [1.165, 1.54) is 31.5 Å². The summed E-state index contributed by atoms with van der Waals surface area (Å²) in [7, 11) is 0. The van der Waals surface area contributed by atoms with Crippen molar-refractivity contribution in [3.05, 3.63) is 35.4 Å². The highest BCUT2D eigenvalue weighted by Gasteiger charge is 2.11. The van der Waals surface area contributed by atoms with Crippen molar-refractivity contribution in [3.8, 4) is 0 Å². The lowest BCUT2D eigenvalue weighted by atomic mass is 10.1. The number of carbonyl (C=O) groups is 1. The van der Waals surface area contributed by atoms with Gasteiger partial charge in [0.1, 0.15) is 0 Å². The summed E-state index contributed by atoms with van der Waals surface area (Å²) in [6.07, 6.45) is 2.65. The first-order chi connectivity index (χ1) is 7.25. The molecule has 1 saturated heterocycles. The molecular formula is C13H18ClNO. The third-order valence-electron chi connectivity index (χ3n) is 2.97. The molecule has 0 saturated carbocycles. The minimum atomic E-state index is 0. The van der Waals surface area contributed by atoms with E-state index in [1.54, 1.807) is 6.92 Å². The molecule has 1 aromatic rings. The van der Waals surface area contributed by atoms with Crippen molar-refractivity contribution >= 4 is 18.2 Å².